The van der Waals surface area contributed by atoms with Gasteiger partial charge in [0.1, 0.15) is 0 Å². The molecule has 0 unspecified atom stereocenters. The van der Waals surface area contributed by atoms with Gasteiger partial charge in [0, 0.05) is 0 Å². The van der Waals surface area contributed by atoms with Gasteiger partial charge in [-0.15, -0.1) is 0 Å². The van der Waals surface area contributed by atoms with Crippen LogP contribution in [0, 0.1) is 11.3 Å². The normalized spacial score (nSPS) is 38.2. The molecule has 2 saturated carbocycles. The summed E-state index contributed by atoms with van der Waals surface area (Å²) in [6.45, 7) is 0. The molecule has 2 fully saturated rings. The lowest BCUT2D eigenvalue weighted by Crippen LogP contribution is -2.37. The summed E-state index contributed by atoms with van der Waals surface area (Å²) < 4.78 is 0. The van der Waals surface area contributed by atoms with Crippen molar-refractivity contribution in [2.45, 2.75) is 51.0 Å². The van der Waals surface area contributed by atoms with Crippen molar-refractivity contribution in [2.24, 2.45) is 11.3 Å². The molecule has 3 heteroatoms. The Hall–Kier alpha value is -0.570. The maximum absolute atomic E-state index is 11.3. The predicted octanol–water partition coefficient (Wildman–Crippen LogP) is 1.79. The van der Waals surface area contributed by atoms with Crippen LogP contribution in [0.15, 0.2) is 0 Å². The highest BCUT2D eigenvalue weighted by Gasteiger charge is 2.45. The molecule has 3 nitrogen and oxygen atoms in total. The first-order valence-corrected chi connectivity index (χ1v) is 5.54. The summed E-state index contributed by atoms with van der Waals surface area (Å²) >= 11 is 0. The molecule has 0 bridgehead atoms. The van der Waals surface area contributed by atoms with Crippen molar-refractivity contribution in [3.05, 3.63) is 0 Å². The minimum atomic E-state index is -0.642. The number of carboxylic acid groups (broad SMARTS) is 1. The molecule has 0 saturated heterocycles. The van der Waals surface area contributed by atoms with Crippen molar-refractivity contribution in [2.75, 3.05) is 0 Å². The maximum atomic E-state index is 11.3. The van der Waals surface area contributed by atoms with E-state index >= 15 is 0 Å². The van der Waals surface area contributed by atoms with Crippen molar-refractivity contribution in [1.29, 1.82) is 0 Å². The monoisotopic (exact) mass is 198 g/mol. The molecule has 0 aromatic heterocycles. The van der Waals surface area contributed by atoms with Crippen LogP contribution in [-0.2, 0) is 4.79 Å². The first kappa shape index (κ1) is 9.97. The third-order valence-electron chi connectivity index (χ3n) is 3.74. The number of rotatable bonds is 3. The Morgan fingerprint density at radius 2 is 1.79 bits per heavy atom. The van der Waals surface area contributed by atoms with Crippen molar-refractivity contribution in [3.8, 4) is 0 Å². The molecular formula is C11H18O3. The summed E-state index contributed by atoms with van der Waals surface area (Å²) in [5.41, 5.74) is -0.500. The van der Waals surface area contributed by atoms with Crippen molar-refractivity contribution in [3.63, 3.8) is 0 Å². The van der Waals surface area contributed by atoms with E-state index in [1.165, 1.54) is 12.8 Å². The minimum absolute atomic E-state index is 0.262. The third-order valence-corrected chi connectivity index (χ3v) is 3.74. The van der Waals surface area contributed by atoms with E-state index in [-0.39, 0.29) is 6.10 Å². The molecule has 0 aliphatic heterocycles. The summed E-state index contributed by atoms with van der Waals surface area (Å²) in [7, 11) is 0. The molecule has 2 N–H and O–H groups in total. The molecule has 0 radical (unpaired) electrons. The molecule has 14 heavy (non-hydrogen) atoms. The summed E-state index contributed by atoms with van der Waals surface area (Å²) in [5, 5.41) is 18.7. The van der Waals surface area contributed by atoms with E-state index in [9.17, 15) is 15.0 Å². The molecule has 0 atom stereocenters. The van der Waals surface area contributed by atoms with E-state index in [0.29, 0.717) is 31.6 Å². The molecule has 0 heterocycles. The Kier molecular flexibility index (Phi) is 2.52. The molecule has 2 aliphatic rings. The molecule has 80 valence electrons. The highest BCUT2D eigenvalue weighted by molar-refractivity contribution is 5.74. The SMILES string of the molecule is O=C(O)C1(CC2CC2)CCC(O)CC1. The smallest absolute Gasteiger partial charge is 0.309 e. The zero-order valence-electron chi connectivity index (χ0n) is 8.41. The molecule has 2 rings (SSSR count). The minimum Gasteiger partial charge on any atom is -0.481 e. The van der Waals surface area contributed by atoms with Crippen LogP contribution >= 0.6 is 0 Å². The fraction of sp³-hybridized carbons (Fsp3) is 0.909. The highest BCUT2D eigenvalue weighted by Crippen LogP contribution is 2.47. The lowest BCUT2D eigenvalue weighted by Gasteiger charge is -2.35. The Balaban J connectivity index is 2.01. The molecule has 0 spiro atoms. The van der Waals surface area contributed by atoms with E-state index < -0.39 is 11.4 Å². The Morgan fingerprint density at radius 1 is 1.21 bits per heavy atom. The quantitative estimate of drug-likeness (QED) is 0.727. The Bertz CT molecular complexity index is 225. The maximum Gasteiger partial charge on any atom is 0.309 e. The van der Waals surface area contributed by atoms with Gasteiger partial charge in [0.05, 0.1) is 11.5 Å². The van der Waals surface area contributed by atoms with Crippen LogP contribution in [0.3, 0.4) is 0 Å². The van der Waals surface area contributed by atoms with Crippen LogP contribution in [0.4, 0.5) is 0 Å². The zero-order chi connectivity index (χ0) is 10.2. The fourth-order valence-corrected chi connectivity index (χ4v) is 2.54. The second-order valence-corrected chi connectivity index (χ2v) is 4.96. The van der Waals surface area contributed by atoms with Gasteiger partial charge in [-0.3, -0.25) is 4.79 Å². The number of aliphatic carboxylic acids is 1. The number of aliphatic hydroxyl groups is 1. The van der Waals surface area contributed by atoms with Gasteiger partial charge in [-0.2, -0.15) is 0 Å². The standard InChI is InChI=1S/C11H18O3/c12-9-3-5-11(6-4-9,10(13)14)7-8-1-2-8/h8-9,12H,1-7H2,(H,13,14). The second-order valence-electron chi connectivity index (χ2n) is 4.96. The number of carboxylic acids is 1. The first-order valence-electron chi connectivity index (χ1n) is 5.54. The van der Waals surface area contributed by atoms with Crippen LogP contribution in [0.2, 0.25) is 0 Å². The summed E-state index contributed by atoms with van der Waals surface area (Å²) in [4.78, 5) is 11.3. The van der Waals surface area contributed by atoms with Gasteiger partial charge in [0.25, 0.3) is 0 Å². The van der Waals surface area contributed by atoms with Crippen molar-refractivity contribution >= 4 is 5.97 Å². The number of aliphatic hydroxyl groups excluding tert-OH is 1. The molecule has 2 aliphatic carbocycles. The average molecular weight is 198 g/mol. The van der Waals surface area contributed by atoms with Gasteiger partial charge < -0.3 is 10.2 Å². The lowest BCUT2D eigenvalue weighted by atomic mass is 9.70. The van der Waals surface area contributed by atoms with Gasteiger partial charge in [0.2, 0.25) is 0 Å². The number of hydrogen-bond acceptors (Lipinski definition) is 2. The first-order chi connectivity index (χ1) is 6.62. The van der Waals surface area contributed by atoms with Gasteiger partial charge in [-0.25, -0.2) is 0 Å². The van der Waals surface area contributed by atoms with E-state index in [1.54, 1.807) is 0 Å². The Morgan fingerprint density at radius 3 is 2.21 bits per heavy atom. The van der Waals surface area contributed by atoms with Crippen LogP contribution in [-0.4, -0.2) is 22.3 Å². The van der Waals surface area contributed by atoms with Crippen LogP contribution in [0.5, 0.6) is 0 Å². The average Bonchev–Trinajstić information content (AvgIpc) is 2.93. The lowest BCUT2D eigenvalue weighted by molar-refractivity contribution is -0.153. The van der Waals surface area contributed by atoms with Gasteiger partial charge in [0.15, 0.2) is 0 Å². The van der Waals surface area contributed by atoms with E-state index in [0.717, 1.165) is 6.42 Å². The molecule has 0 aromatic rings. The van der Waals surface area contributed by atoms with Crippen LogP contribution < -0.4 is 0 Å². The summed E-state index contributed by atoms with van der Waals surface area (Å²) in [6.07, 6.45) is 5.66. The number of carbonyl (C=O) groups is 1. The summed E-state index contributed by atoms with van der Waals surface area (Å²) in [6, 6.07) is 0. The zero-order valence-corrected chi connectivity index (χ0v) is 8.41. The van der Waals surface area contributed by atoms with Gasteiger partial charge >= 0.3 is 5.97 Å². The van der Waals surface area contributed by atoms with E-state index in [4.69, 9.17) is 0 Å². The fourth-order valence-electron chi connectivity index (χ4n) is 2.54. The Labute approximate surface area is 84.1 Å². The van der Waals surface area contributed by atoms with Crippen LogP contribution in [0.1, 0.15) is 44.9 Å². The highest BCUT2D eigenvalue weighted by atomic mass is 16.4. The van der Waals surface area contributed by atoms with Crippen molar-refractivity contribution in [1.82, 2.24) is 0 Å². The van der Waals surface area contributed by atoms with E-state index in [2.05, 4.69) is 0 Å². The second kappa shape index (κ2) is 3.54. The third kappa shape index (κ3) is 1.92. The topological polar surface area (TPSA) is 57.5 Å². The largest absolute Gasteiger partial charge is 0.481 e. The molecule has 0 amide bonds. The van der Waals surface area contributed by atoms with Crippen LogP contribution in [0.25, 0.3) is 0 Å². The molecular weight excluding hydrogens is 180 g/mol. The van der Waals surface area contributed by atoms with Crippen molar-refractivity contribution < 1.29 is 15.0 Å². The van der Waals surface area contributed by atoms with Gasteiger partial charge in [-0.05, 0) is 38.0 Å². The van der Waals surface area contributed by atoms with E-state index in [1.807, 2.05) is 0 Å². The van der Waals surface area contributed by atoms with Gasteiger partial charge in [-0.1, -0.05) is 12.8 Å². The predicted molar refractivity (Wildman–Crippen MR) is 51.9 cm³/mol. The summed E-state index contributed by atoms with van der Waals surface area (Å²) in [5.74, 6) is 0.0117. The number of hydrogen-bond donors (Lipinski definition) is 2. The molecule has 0 aromatic carbocycles.